The van der Waals surface area contributed by atoms with Gasteiger partial charge in [-0.15, -0.1) is 0 Å². The maximum absolute atomic E-state index is 11.0. The Morgan fingerprint density at radius 3 is 2.43 bits per heavy atom. The first-order valence-electron chi connectivity index (χ1n) is 4.92. The number of hydrogen-bond acceptors (Lipinski definition) is 4. The number of ether oxygens (including phenoxy) is 1. The van der Waals surface area contributed by atoms with Crippen molar-refractivity contribution in [1.82, 2.24) is 0 Å². The predicted molar refractivity (Wildman–Crippen MR) is 56.3 cm³/mol. The van der Waals surface area contributed by atoms with E-state index in [9.17, 15) is 4.79 Å². The van der Waals surface area contributed by atoms with E-state index in [0.717, 1.165) is 12.5 Å². The molecule has 4 nitrogen and oxygen atoms in total. The van der Waals surface area contributed by atoms with Gasteiger partial charge in [-0.1, -0.05) is 13.3 Å². The molecule has 0 aromatic rings. The van der Waals surface area contributed by atoms with Crippen LogP contribution < -0.4 is 0 Å². The molecule has 0 aromatic carbocycles. The molecule has 0 rings (SSSR count). The van der Waals surface area contributed by atoms with E-state index in [2.05, 4.69) is 6.92 Å². The van der Waals surface area contributed by atoms with Crippen molar-refractivity contribution in [3.63, 3.8) is 0 Å². The fourth-order valence-corrected chi connectivity index (χ4v) is 2.90. The average Bonchev–Trinajstić information content (AvgIpc) is 2.16. The van der Waals surface area contributed by atoms with Crippen LogP contribution in [0.15, 0.2) is 0 Å². The molecule has 0 heterocycles. The van der Waals surface area contributed by atoms with Crippen molar-refractivity contribution in [1.29, 1.82) is 0 Å². The van der Waals surface area contributed by atoms with Gasteiger partial charge in [-0.05, 0) is 19.5 Å². The summed E-state index contributed by atoms with van der Waals surface area (Å²) in [5.41, 5.74) is 0. The van der Waals surface area contributed by atoms with Crippen molar-refractivity contribution in [2.75, 3.05) is 20.3 Å². The van der Waals surface area contributed by atoms with Gasteiger partial charge >= 0.3 is 14.5 Å². The zero-order valence-electron chi connectivity index (χ0n) is 9.46. The Labute approximate surface area is 86.8 Å². The predicted octanol–water partition coefficient (Wildman–Crippen LogP) is 1.69. The fourth-order valence-electron chi connectivity index (χ4n) is 1.10. The van der Waals surface area contributed by atoms with E-state index >= 15 is 0 Å². The monoisotopic (exact) mass is 220 g/mol. The summed E-state index contributed by atoms with van der Waals surface area (Å²) in [6.45, 7) is 6.19. The Balaban J connectivity index is 3.87. The summed E-state index contributed by atoms with van der Waals surface area (Å²) in [6.07, 6.45) is 0.999. The summed E-state index contributed by atoms with van der Waals surface area (Å²) >= 11 is 0. The van der Waals surface area contributed by atoms with Gasteiger partial charge in [0.2, 0.25) is 0 Å². The van der Waals surface area contributed by atoms with Crippen molar-refractivity contribution in [2.45, 2.75) is 32.9 Å². The zero-order chi connectivity index (χ0) is 11.0. The standard InChI is InChI=1S/C9H20O4Si/c1-5-7-14(4,11-3)13-8-9(10)12-6-2/h5-8H2,1-4H3. The van der Waals surface area contributed by atoms with E-state index in [4.69, 9.17) is 13.6 Å². The summed E-state index contributed by atoms with van der Waals surface area (Å²) in [5, 5.41) is 0. The second kappa shape index (κ2) is 6.97. The smallest absolute Gasteiger partial charge is 0.335 e. The minimum Gasteiger partial charge on any atom is -0.464 e. The van der Waals surface area contributed by atoms with Gasteiger partial charge in [-0.25, -0.2) is 4.79 Å². The van der Waals surface area contributed by atoms with Crippen LogP contribution in [0.1, 0.15) is 20.3 Å². The summed E-state index contributed by atoms with van der Waals surface area (Å²) in [7, 11) is -0.484. The van der Waals surface area contributed by atoms with E-state index in [1.165, 1.54) is 0 Å². The normalized spacial score (nSPS) is 14.9. The van der Waals surface area contributed by atoms with Crippen LogP contribution in [0.3, 0.4) is 0 Å². The minimum absolute atomic E-state index is 0.00437. The van der Waals surface area contributed by atoms with E-state index in [1.807, 2.05) is 6.55 Å². The van der Waals surface area contributed by atoms with E-state index in [-0.39, 0.29) is 12.6 Å². The topological polar surface area (TPSA) is 44.8 Å². The Kier molecular flexibility index (Phi) is 6.78. The van der Waals surface area contributed by atoms with Crippen LogP contribution in [0.25, 0.3) is 0 Å². The van der Waals surface area contributed by atoms with Crippen LogP contribution in [-0.4, -0.2) is 34.9 Å². The van der Waals surface area contributed by atoms with Gasteiger partial charge in [0.05, 0.1) is 6.61 Å². The Bertz CT molecular complexity index is 174. The first-order chi connectivity index (χ1) is 6.58. The molecular formula is C9H20O4Si. The van der Waals surface area contributed by atoms with Crippen molar-refractivity contribution in [3.05, 3.63) is 0 Å². The molecule has 0 aliphatic carbocycles. The molecule has 0 aromatic heterocycles. The molecule has 0 saturated carbocycles. The van der Waals surface area contributed by atoms with Crippen LogP contribution >= 0.6 is 0 Å². The minimum atomic E-state index is -2.12. The third-order valence-corrected chi connectivity index (χ3v) is 4.96. The molecule has 0 bridgehead atoms. The second-order valence-electron chi connectivity index (χ2n) is 3.18. The van der Waals surface area contributed by atoms with E-state index in [1.54, 1.807) is 14.0 Å². The summed E-state index contributed by atoms with van der Waals surface area (Å²) in [5.74, 6) is -0.320. The van der Waals surface area contributed by atoms with Gasteiger partial charge in [0.1, 0.15) is 6.61 Å². The molecule has 14 heavy (non-hydrogen) atoms. The van der Waals surface area contributed by atoms with Gasteiger partial charge in [0.25, 0.3) is 0 Å². The highest BCUT2D eigenvalue weighted by molar-refractivity contribution is 6.66. The SMILES string of the molecule is CCC[Si](C)(OC)OCC(=O)OCC. The van der Waals surface area contributed by atoms with Crippen LogP contribution in [0.5, 0.6) is 0 Å². The fraction of sp³-hybridized carbons (Fsp3) is 0.889. The number of rotatable bonds is 7. The maximum Gasteiger partial charge on any atom is 0.335 e. The van der Waals surface area contributed by atoms with Gasteiger partial charge in [0.15, 0.2) is 0 Å². The Morgan fingerprint density at radius 2 is 2.00 bits per heavy atom. The molecule has 84 valence electrons. The molecule has 0 N–H and O–H groups in total. The van der Waals surface area contributed by atoms with Gasteiger partial charge < -0.3 is 13.6 Å². The van der Waals surface area contributed by atoms with Crippen molar-refractivity contribution in [2.24, 2.45) is 0 Å². The van der Waals surface area contributed by atoms with Crippen LogP contribution in [0.2, 0.25) is 12.6 Å². The van der Waals surface area contributed by atoms with Crippen molar-refractivity contribution >= 4 is 14.5 Å². The molecule has 0 fully saturated rings. The number of esters is 1. The lowest BCUT2D eigenvalue weighted by Gasteiger charge is -2.23. The third kappa shape index (κ3) is 5.36. The van der Waals surface area contributed by atoms with E-state index < -0.39 is 8.56 Å². The lowest BCUT2D eigenvalue weighted by atomic mass is 10.6. The molecule has 0 radical (unpaired) electrons. The van der Waals surface area contributed by atoms with Gasteiger partial charge in [-0.2, -0.15) is 0 Å². The third-order valence-electron chi connectivity index (χ3n) is 1.94. The molecule has 5 heteroatoms. The first kappa shape index (κ1) is 13.6. The molecule has 1 atom stereocenters. The van der Waals surface area contributed by atoms with Gasteiger partial charge in [0, 0.05) is 7.11 Å². The van der Waals surface area contributed by atoms with Crippen LogP contribution in [-0.2, 0) is 18.4 Å². The summed E-state index contributed by atoms with van der Waals surface area (Å²) < 4.78 is 15.6. The highest BCUT2D eigenvalue weighted by Gasteiger charge is 2.29. The van der Waals surface area contributed by atoms with Crippen LogP contribution in [0.4, 0.5) is 0 Å². The molecule has 0 spiro atoms. The second-order valence-corrected chi connectivity index (χ2v) is 6.65. The van der Waals surface area contributed by atoms with Crippen LogP contribution in [0, 0.1) is 0 Å². The number of hydrogen-bond donors (Lipinski definition) is 0. The molecule has 0 saturated heterocycles. The maximum atomic E-state index is 11.0. The highest BCUT2D eigenvalue weighted by Crippen LogP contribution is 2.14. The summed E-state index contributed by atoms with van der Waals surface area (Å²) in [4.78, 5) is 11.0. The quantitative estimate of drug-likeness (QED) is 0.484. The number of carbonyl (C=O) groups is 1. The Hall–Kier alpha value is -0.393. The van der Waals surface area contributed by atoms with Crippen molar-refractivity contribution in [3.8, 4) is 0 Å². The van der Waals surface area contributed by atoms with Crippen molar-refractivity contribution < 1.29 is 18.4 Å². The summed E-state index contributed by atoms with van der Waals surface area (Å²) in [6, 6.07) is 0.892. The molecule has 0 aliphatic heterocycles. The highest BCUT2D eigenvalue weighted by atomic mass is 28.4. The largest absolute Gasteiger partial charge is 0.464 e. The molecule has 0 amide bonds. The molecular weight excluding hydrogens is 200 g/mol. The zero-order valence-corrected chi connectivity index (χ0v) is 10.5. The Morgan fingerprint density at radius 1 is 1.36 bits per heavy atom. The van der Waals surface area contributed by atoms with E-state index in [0.29, 0.717) is 6.61 Å². The first-order valence-corrected chi connectivity index (χ1v) is 7.45. The molecule has 1 unspecified atom stereocenters. The average molecular weight is 220 g/mol. The molecule has 0 aliphatic rings. The number of carbonyl (C=O) groups excluding carboxylic acids is 1. The lowest BCUT2D eigenvalue weighted by molar-refractivity contribution is -0.146. The van der Waals surface area contributed by atoms with Gasteiger partial charge in [-0.3, -0.25) is 0 Å². The lowest BCUT2D eigenvalue weighted by Crippen LogP contribution is -2.39.